The third kappa shape index (κ3) is 3.31. The van der Waals surface area contributed by atoms with Crippen molar-refractivity contribution in [3.8, 4) is 0 Å². The first-order valence-corrected chi connectivity index (χ1v) is 6.37. The molecular formula is C14H18O6. The maximum atomic E-state index is 11.6. The third-order valence-electron chi connectivity index (χ3n) is 3.84. The maximum absolute atomic E-state index is 11.6. The van der Waals surface area contributed by atoms with Crippen LogP contribution in [0.25, 0.3) is 0 Å². The number of allylic oxidation sites excluding steroid dienone is 2. The number of carbonyl (C=O) groups is 4. The highest BCUT2D eigenvalue weighted by Gasteiger charge is 2.41. The zero-order valence-electron chi connectivity index (χ0n) is 11.4. The molecule has 0 heterocycles. The first-order chi connectivity index (χ1) is 9.29. The molecule has 1 rings (SSSR count). The van der Waals surface area contributed by atoms with Crippen LogP contribution in [0.2, 0.25) is 0 Å². The van der Waals surface area contributed by atoms with Gasteiger partial charge in [0.1, 0.15) is 12.1 Å². The summed E-state index contributed by atoms with van der Waals surface area (Å²) in [6.07, 6.45) is 2.05. The molecule has 0 bridgehead atoms. The van der Waals surface area contributed by atoms with E-state index in [1.165, 1.54) is 6.92 Å². The van der Waals surface area contributed by atoms with Crippen LogP contribution in [0.1, 0.15) is 26.7 Å². The number of ketones is 1. The summed E-state index contributed by atoms with van der Waals surface area (Å²) in [7, 11) is 0. The Labute approximate surface area is 116 Å². The van der Waals surface area contributed by atoms with Gasteiger partial charge in [-0.2, -0.15) is 0 Å². The fraction of sp³-hybridized carbons (Fsp3) is 0.571. The number of carbonyl (C=O) groups excluding carboxylic acids is 2. The van der Waals surface area contributed by atoms with Gasteiger partial charge in [0.25, 0.3) is 0 Å². The fourth-order valence-corrected chi connectivity index (χ4v) is 2.95. The van der Waals surface area contributed by atoms with Gasteiger partial charge in [-0.05, 0) is 26.2 Å². The summed E-state index contributed by atoms with van der Waals surface area (Å²) in [4.78, 5) is 44.7. The Kier molecular flexibility index (Phi) is 5.19. The lowest BCUT2D eigenvalue weighted by molar-refractivity contribution is -0.149. The van der Waals surface area contributed by atoms with Gasteiger partial charge in [0.05, 0.1) is 17.8 Å². The number of aldehydes is 1. The standard InChI is InChI=1S/C14H18O6/c1-7-5-9(10(3-4-15)13(17)18)6-11(14(19)20)12(7)8(2)16/h4-5,9-12H,3,6H2,1-2H3,(H,17,18)(H,19,20). The Morgan fingerprint density at radius 2 is 2.00 bits per heavy atom. The molecule has 0 aliphatic heterocycles. The van der Waals surface area contributed by atoms with Crippen LogP contribution >= 0.6 is 0 Å². The van der Waals surface area contributed by atoms with Crippen LogP contribution in [-0.4, -0.2) is 34.2 Å². The molecule has 0 spiro atoms. The second-order valence-electron chi connectivity index (χ2n) is 5.19. The summed E-state index contributed by atoms with van der Waals surface area (Å²) >= 11 is 0. The van der Waals surface area contributed by atoms with Crippen molar-refractivity contribution in [1.29, 1.82) is 0 Å². The van der Waals surface area contributed by atoms with E-state index in [0.717, 1.165) is 0 Å². The molecule has 0 aromatic carbocycles. The van der Waals surface area contributed by atoms with Gasteiger partial charge in [-0.1, -0.05) is 11.6 Å². The van der Waals surface area contributed by atoms with Gasteiger partial charge in [0, 0.05) is 6.42 Å². The van der Waals surface area contributed by atoms with Gasteiger partial charge in [0.2, 0.25) is 0 Å². The molecule has 6 heteroatoms. The first-order valence-electron chi connectivity index (χ1n) is 6.37. The van der Waals surface area contributed by atoms with E-state index in [-0.39, 0.29) is 18.6 Å². The van der Waals surface area contributed by atoms with Crippen LogP contribution in [0.15, 0.2) is 11.6 Å². The molecule has 0 aromatic rings. The number of rotatable bonds is 6. The Morgan fingerprint density at radius 1 is 1.40 bits per heavy atom. The molecule has 110 valence electrons. The molecule has 1 aliphatic carbocycles. The maximum Gasteiger partial charge on any atom is 0.307 e. The van der Waals surface area contributed by atoms with E-state index in [1.807, 2.05) is 0 Å². The largest absolute Gasteiger partial charge is 0.481 e. The molecular weight excluding hydrogens is 264 g/mol. The number of aliphatic carboxylic acids is 2. The Balaban J connectivity index is 3.14. The molecule has 0 saturated heterocycles. The number of hydrogen-bond acceptors (Lipinski definition) is 4. The summed E-state index contributed by atoms with van der Waals surface area (Å²) in [6, 6.07) is 0. The van der Waals surface area contributed by atoms with Crippen molar-refractivity contribution in [3.05, 3.63) is 11.6 Å². The Bertz CT molecular complexity index is 464. The summed E-state index contributed by atoms with van der Waals surface area (Å²) < 4.78 is 0. The lowest BCUT2D eigenvalue weighted by atomic mass is 9.69. The van der Waals surface area contributed by atoms with E-state index in [4.69, 9.17) is 5.11 Å². The van der Waals surface area contributed by atoms with Gasteiger partial charge in [-0.25, -0.2) is 0 Å². The zero-order valence-corrected chi connectivity index (χ0v) is 11.4. The molecule has 0 radical (unpaired) electrons. The summed E-state index contributed by atoms with van der Waals surface area (Å²) in [5.41, 5.74) is 0.568. The molecule has 0 saturated carbocycles. The minimum Gasteiger partial charge on any atom is -0.481 e. The molecule has 1 aliphatic rings. The van der Waals surface area contributed by atoms with Crippen LogP contribution in [0.5, 0.6) is 0 Å². The first kappa shape index (κ1) is 16.1. The molecule has 4 unspecified atom stereocenters. The van der Waals surface area contributed by atoms with Crippen molar-refractivity contribution in [2.24, 2.45) is 23.7 Å². The van der Waals surface area contributed by atoms with Crippen molar-refractivity contribution in [2.45, 2.75) is 26.7 Å². The van der Waals surface area contributed by atoms with Crippen molar-refractivity contribution in [1.82, 2.24) is 0 Å². The average Bonchev–Trinajstić information content (AvgIpc) is 2.33. The van der Waals surface area contributed by atoms with Gasteiger partial charge in [-0.15, -0.1) is 0 Å². The van der Waals surface area contributed by atoms with Crippen molar-refractivity contribution >= 4 is 24.0 Å². The van der Waals surface area contributed by atoms with E-state index in [9.17, 15) is 24.3 Å². The Morgan fingerprint density at radius 3 is 2.40 bits per heavy atom. The molecule has 4 atom stereocenters. The van der Waals surface area contributed by atoms with Crippen molar-refractivity contribution < 1.29 is 29.4 Å². The predicted octanol–water partition coefficient (Wildman–Crippen LogP) is 1.15. The van der Waals surface area contributed by atoms with Crippen LogP contribution in [0, 0.1) is 23.7 Å². The number of carboxylic acids is 2. The smallest absolute Gasteiger partial charge is 0.307 e. The summed E-state index contributed by atoms with van der Waals surface area (Å²) in [5, 5.41) is 18.4. The van der Waals surface area contributed by atoms with E-state index in [1.54, 1.807) is 13.0 Å². The molecule has 0 fully saturated rings. The molecule has 0 aromatic heterocycles. The molecule has 2 N–H and O–H groups in total. The summed E-state index contributed by atoms with van der Waals surface area (Å²) in [6.45, 7) is 2.96. The monoisotopic (exact) mass is 282 g/mol. The number of hydrogen-bond donors (Lipinski definition) is 2. The highest BCUT2D eigenvalue weighted by atomic mass is 16.4. The predicted molar refractivity (Wildman–Crippen MR) is 69.0 cm³/mol. The average molecular weight is 282 g/mol. The second kappa shape index (κ2) is 6.45. The topological polar surface area (TPSA) is 109 Å². The quantitative estimate of drug-likeness (QED) is 0.558. The normalized spacial score (nSPS) is 27.3. The zero-order chi connectivity index (χ0) is 15.4. The lowest BCUT2D eigenvalue weighted by Gasteiger charge is -2.33. The van der Waals surface area contributed by atoms with Crippen LogP contribution in [0.4, 0.5) is 0 Å². The van der Waals surface area contributed by atoms with Gasteiger partial charge in [-0.3, -0.25) is 14.4 Å². The Hall–Kier alpha value is -1.98. The third-order valence-corrected chi connectivity index (χ3v) is 3.84. The summed E-state index contributed by atoms with van der Waals surface area (Å²) in [5.74, 6) is -5.63. The molecule has 0 amide bonds. The van der Waals surface area contributed by atoms with E-state index < -0.39 is 35.6 Å². The van der Waals surface area contributed by atoms with E-state index >= 15 is 0 Å². The van der Waals surface area contributed by atoms with Crippen LogP contribution in [-0.2, 0) is 19.2 Å². The second-order valence-corrected chi connectivity index (χ2v) is 5.19. The van der Waals surface area contributed by atoms with E-state index in [0.29, 0.717) is 11.9 Å². The highest BCUT2D eigenvalue weighted by molar-refractivity contribution is 5.87. The van der Waals surface area contributed by atoms with E-state index in [2.05, 4.69) is 0 Å². The highest BCUT2D eigenvalue weighted by Crippen LogP contribution is 2.38. The number of carboxylic acid groups (broad SMARTS) is 2. The molecule has 20 heavy (non-hydrogen) atoms. The fourth-order valence-electron chi connectivity index (χ4n) is 2.95. The van der Waals surface area contributed by atoms with Crippen molar-refractivity contribution in [3.63, 3.8) is 0 Å². The van der Waals surface area contributed by atoms with Crippen molar-refractivity contribution in [2.75, 3.05) is 0 Å². The lowest BCUT2D eigenvalue weighted by Crippen LogP contribution is -2.37. The SMILES string of the molecule is CC(=O)C1C(C)=CC(C(CC=O)C(=O)O)CC1C(=O)O. The molecule has 6 nitrogen and oxygen atoms in total. The minimum atomic E-state index is -1.13. The van der Waals surface area contributed by atoms with Crippen LogP contribution < -0.4 is 0 Å². The van der Waals surface area contributed by atoms with Gasteiger partial charge < -0.3 is 15.0 Å². The van der Waals surface area contributed by atoms with Crippen LogP contribution in [0.3, 0.4) is 0 Å². The van der Waals surface area contributed by atoms with Gasteiger partial charge in [0.15, 0.2) is 0 Å². The minimum absolute atomic E-state index is 0.0573. The van der Waals surface area contributed by atoms with Gasteiger partial charge >= 0.3 is 11.9 Å². The number of Topliss-reactive ketones (excluding diaryl/α,β-unsaturated/α-hetero) is 1.